The van der Waals surface area contributed by atoms with E-state index in [0.29, 0.717) is 5.69 Å². The highest BCUT2D eigenvalue weighted by Crippen LogP contribution is 2.09. The number of carbonyl (C=O) groups is 2. The number of nitrogens with one attached hydrogen (secondary N) is 1. The van der Waals surface area contributed by atoms with E-state index in [1.807, 2.05) is 13.0 Å². The van der Waals surface area contributed by atoms with Crippen LogP contribution in [0.3, 0.4) is 0 Å². The highest BCUT2D eigenvalue weighted by molar-refractivity contribution is 6.39. The van der Waals surface area contributed by atoms with E-state index in [4.69, 9.17) is 10.2 Å². The number of aryl methyl sites for hydroxylation is 1. The Hall–Kier alpha value is -1.92. The van der Waals surface area contributed by atoms with E-state index < -0.39 is 11.8 Å². The molecule has 0 aliphatic rings. The van der Waals surface area contributed by atoms with Crippen LogP contribution < -0.4 is 5.32 Å². The van der Waals surface area contributed by atoms with Crippen molar-refractivity contribution in [1.82, 2.24) is 4.90 Å². The number of aliphatic hydroxyl groups excluding tert-OH is 2. The summed E-state index contributed by atoms with van der Waals surface area (Å²) >= 11 is 0. The third-order valence-electron chi connectivity index (χ3n) is 2.50. The van der Waals surface area contributed by atoms with Gasteiger partial charge in [-0.05, 0) is 24.6 Å². The van der Waals surface area contributed by atoms with Crippen molar-refractivity contribution in [2.45, 2.75) is 6.92 Å². The van der Waals surface area contributed by atoms with Gasteiger partial charge in [-0.3, -0.25) is 9.59 Å². The van der Waals surface area contributed by atoms with Crippen molar-refractivity contribution in [3.05, 3.63) is 29.8 Å². The maximum absolute atomic E-state index is 11.8. The van der Waals surface area contributed by atoms with Crippen LogP contribution in [0.1, 0.15) is 5.56 Å². The molecule has 0 fully saturated rings. The summed E-state index contributed by atoms with van der Waals surface area (Å²) in [5, 5.41) is 20.1. The minimum atomic E-state index is -0.785. The number of hydrogen-bond acceptors (Lipinski definition) is 4. The van der Waals surface area contributed by atoms with Crippen LogP contribution in [-0.4, -0.2) is 53.2 Å². The summed E-state index contributed by atoms with van der Waals surface area (Å²) in [5.74, 6) is -1.56. The molecule has 0 aliphatic heterocycles. The Labute approximate surface area is 111 Å². The minimum Gasteiger partial charge on any atom is -0.395 e. The molecule has 0 aliphatic carbocycles. The van der Waals surface area contributed by atoms with Crippen LogP contribution in [0.15, 0.2) is 24.3 Å². The standard InChI is InChI=1S/C13H18N2O4/c1-10-3-2-4-11(9-10)14-12(18)13(19)15(5-7-16)6-8-17/h2-4,9,16-17H,5-8H2,1H3,(H,14,18). The number of nitrogens with zero attached hydrogens (tertiary/aromatic N) is 1. The second-order valence-corrected chi connectivity index (χ2v) is 4.06. The second-order valence-electron chi connectivity index (χ2n) is 4.06. The first-order chi connectivity index (χ1) is 9.08. The third kappa shape index (κ3) is 4.69. The zero-order chi connectivity index (χ0) is 14.3. The lowest BCUT2D eigenvalue weighted by molar-refractivity contribution is -0.143. The molecule has 3 N–H and O–H groups in total. The fourth-order valence-electron chi connectivity index (χ4n) is 1.61. The van der Waals surface area contributed by atoms with E-state index in [2.05, 4.69) is 5.32 Å². The molecule has 19 heavy (non-hydrogen) atoms. The molecule has 1 aromatic carbocycles. The molecule has 0 saturated heterocycles. The topological polar surface area (TPSA) is 89.9 Å². The zero-order valence-corrected chi connectivity index (χ0v) is 10.8. The number of carbonyl (C=O) groups excluding carboxylic acids is 2. The first-order valence-electron chi connectivity index (χ1n) is 5.97. The normalized spacial score (nSPS) is 10.1. The van der Waals surface area contributed by atoms with Gasteiger partial charge in [0.05, 0.1) is 13.2 Å². The Bertz CT molecular complexity index is 442. The molecule has 0 bridgehead atoms. The molecule has 0 atom stereocenters. The van der Waals surface area contributed by atoms with Gasteiger partial charge >= 0.3 is 11.8 Å². The van der Waals surface area contributed by atoms with E-state index in [-0.39, 0.29) is 26.3 Å². The van der Waals surface area contributed by atoms with Gasteiger partial charge in [0.25, 0.3) is 0 Å². The maximum Gasteiger partial charge on any atom is 0.313 e. The van der Waals surface area contributed by atoms with Crippen LogP contribution in [-0.2, 0) is 9.59 Å². The van der Waals surface area contributed by atoms with Crippen molar-refractivity contribution < 1.29 is 19.8 Å². The molecule has 0 heterocycles. The van der Waals surface area contributed by atoms with Crippen molar-refractivity contribution in [2.75, 3.05) is 31.6 Å². The third-order valence-corrected chi connectivity index (χ3v) is 2.50. The molecule has 0 unspecified atom stereocenters. The van der Waals surface area contributed by atoms with E-state index in [1.54, 1.807) is 18.2 Å². The number of hydrogen-bond donors (Lipinski definition) is 3. The van der Waals surface area contributed by atoms with Gasteiger partial charge in [-0.2, -0.15) is 0 Å². The van der Waals surface area contributed by atoms with Gasteiger partial charge in [0.1, 0.15) is 0 Å². The van der Waals surface area contributed by atoms with E-state index in [9.17, 15) is 9.59 Å². The SMILES string of the molecule is Cc1cccc(NC(=O)C(=O)N(CCO)CCO)c1. The first-order valence-corrected chi connectivity index (χ1v) is 5.97. The summed E-state index contributed by atoms with van der Waals surface area (Å²) in [7, 11) is 0. The number of aliphatic hydroxyl groups is 2. The van der Waals surface area contributed by atoms with Crippen LogP contribution in [0.2, 0.25) is 0 Å². The molecule has 104 valence electrons. The molecule has 0 radical (unpaired) electrons. The van der Waals surface area contributed by atoms with Crippen molar-refractivity contribution in [2.24, 2.45) is 0 Å². The second kappa shape index (κ2) is 7.50. The average molecular weight is 266 g/mol. The van der Waals surface area contributed by atoms with Crippen LogP contribution in [0.5, 0.6) is 0 Å². The van der Waals surface area contributed by atoms with Gasteiger partial charge in [0.15, 0.2) is 0 Å². The lowest BCUT2D eigenvalue weighted by Crippen LogP contribution is -2.42. The molecule has 0 saturated carbocycles. The Morgan fingerprint density at radius 3 is 2.37 bits per heavy atom. The predicted octanol–water partition coefficient (Wildman–Crippen LogP) is -0.253. The summed E-state index contributed by atoms with van der Waals surface area (Å²) < 4.78 is 0. The van der Waals surface area contributed by atoms with E-state index in [0.717, 1.165) is 10.5 Å². The molecular formula is C13H18N2O4. The largest absolute Gasteiger partial charge is 0.395 e. The van der Waals surface area contributed by atoms with Crippen LogP contribution in [0.4, 0.5) is 5.69 Å². The fraction of sp³-hybridized carbons (Fsp3) is 0.385. The van der Waals surface area contributed by atoms with Gasteiger partial charge in [-0.25, -0.2) is 0 Å². The van der Waals surface area contributed by atoms with Crippen molar-refractivity contribution >= 4 is 17.5 Å². The first kappa shape index (κ1) is 15.1. The number of amides is 2. The summed E-state index contributed by atoms with van der Waals surface area (Å²) in [5.41, 5.74) is 1.50. The van der Waals surface area contributed by atoms with Gasteiger partial charge in [-0.15, -0.1) is 0 Å². The quantitative estimate of drug-likeness (QED) is 0.641. The van der Waals surface area contributed by atoms with E-state index >= 15 is 0 Å². The van der Waals surface area contributed by atoms with Crippen molar-refractivity contribution in [3.8, 4) is 0 Å². The van der Waals surface area contributed by atoms with Gasteiger partial charge < -0.3 is 20.4 Å². The Balaban J connectivity index is 2.68. The monoisotopic (exact) mass is 266 g/mol. The predicted molar refractivity (Wildman–Crippen MR) is 70.6 cm³/mol. The lowest BCUT2D eigenvalue weighted by Gasteiger charge is -2.19. The van der Waals surface area contributed by atoms with Crippen molar-refractivity contribution in [3.63, 3.8) is 0 Å². The number of benzene rings is 1. The molecule has 0 aromatic heterocycles. The maximum atomic E-state index is 11.8. The molecule has 1 aromatic rings. The minimum absolute atomic E-state index is 0.0145. The highest BCUT2D eigenvalue weighted by Gasteiger charge is 2.21. The summed E-state index contributed by atoms with van der Waals surface area (Å²) in [6, 6.07) is 7.07. The lowest BCUT2D eigenvalue weighted by atomic mass is 10.2. The Morgan fingerprint density at radius 1 is 1.21 bits per heavy atom. The molecular weight excluding hydrogens is 248 g/mol. The molecule has 0 spiro atoms. The van der Waals surface area contributed by atoms with Gasteiger partial charge in [0.2, 0.25) is 0 Å². The van der Waals surface area contributed by atoms with Gasteiger partial charge in [-0.1, -0.05) is 12.1 Å². The van der Waals surface area contributed by atoms with Gasteiger partial charge in [0, 0.05) is 18.8 Å². The highest BCUT2D eigenvalue weighted by atomic mass is 16.3. The Kier molecular flexibility index (Phi) is 5.98. The van der Waals surface area contributed by atoms with E-state index in [1.165, 1.54) is 0 Å². The molecule has 1 rings (SSSR count). The number of anilines is 1. The number of rotatable bonds is 5. The molecule has 2 amide bonds. The summed E-state index contributed by atoms with van der Waals surface area (Å²) in [6.45, 7) is 1.38. The molecule has 6 heteroatoms. The zero-order valence-electron chi connectivity index (χ0n) is 10.8. The average Bonchev–Trinajstić information content (AvgIpc) is 2.37. The Morgan fingerprint density at radius 2 is 1.84 bits per heavy atom. The molecule has 6 nitrogen and oxygen atoms in total. The van der Waals surface area contributed by atoms with Crippen LogP contribution in [0.25, 0.3) is 0 Å². The fourth-order valence-corrected chi connectivity index (χ4v) is 1.61. The summed E-state index contributed by atoms with van der Waals surface area (Å²) in [6.07, 6.45) is 0. The van der Waals surface area contributed by atoms with Crippen LogP contribution in [0, 0.1) is 6.92 Å². The van der Waals surface area contributed by atoms with Crippen molar-refractivity contribution in [1.29, 1.82) is 0 Å². The smallest absolute Gasteiger partial charge is 0.313 e. The van der Waals surface area contributed by atoms with Crippen LogP contribution >= 0.6 is 0 Å². The summed E-state index contributed by atoms with van der Waals surface area (Å²) in [4.78, 5) is 24.7.